The van der Waals surface area contributed by atoms with Crippen molar-refractivity contribution in [1.29, 1.82) is 0 Å². The van der Waals surface area contributed by atoms with Gasteiger partial charge >= 0.3 is 0 Å². The molecule has 0 saturated carbocycles. The monoisotopic (exact) mass is 475 g/mol. The maximum atomic E-state index is 13.0. The Morgan fingerprint density at radius 3 is 2.23 bits per heavy atom. The van der Waals surface area contributed by atoms with Gasteiger partial charge in [-0.3, -0.25) is 19.3 Å². The van der Waals surface area contributed by atoms with Crippen molar-refractivity contribution < 1.29 is 28.6 Å². The van der Waals surface area contributed by atoms with E-state index in [1.807, 2.05) is 12.1 Å². The summed E-state index contributed by atoms with van der Waals surface area (Å²) in [4.78, 5) is 39.6. The van der Waals surface area contributed by atoms with E-state index in [4.69, 9.17) is 14.2 Å². The molecule has 1 aliphatic heterocycles. The van der Waals surface area contributed by atoms with Crippen molar-refractivity contribution in [3.63, 3.8) is 0 Å². The third-order valence-corrected chi connectivity index (χ3v) is 5.41. The molecule has 0 aromatic heterocycles. The number of methoxy groups -OCH3 is 2. The lowest BCUT2D eigenvalue weighted by molar-refractivity contribution is -0.121. The van der Waals surface area contributed by atoms with Crippen LogP contribution in [0.25, 0.3) is 0 Å². The second kappa shape index (κ2) is 10.6. The van der Waals surface area contributed by atoms with Gasteiger partial charge in [-0.25, -0.2) is 0 Å². The van der Waals surface area contributed by atoms with Crippen LogP contribution >= 0.6 is 0 Å². The zero-order valence-corrected chi connectivity index (χ0v) is 19.4. The van der Waals surface area contributed by atoms with E-state index in [0.29, 0.717) is 39.9 Å². The van der Waals surface area contributed by atoms with Crippen LogP contribution in [0.3, 0.4) is 0 Å². The van der Waals surface area contributed by atoms with Gasteiger partial charge in [-0.05, 0) is 24.3 Å². The molecule has 0 saturated heterocycles. The van der Waals surface area contributed by atoms with Crippen LogP contribution in [0.4, 0.5) is 17.1 Å². The van der Waals surface area contributed by atoms with E-state index in [0.717, 1.165) is 0 Å². The van der Waals surface area contributed by atoms with Crippen molar-refractivity contribution >= 4 is 34.8 Å². The van der Waals surface area contributed by atoms with Crippen molar-refractivity contribution in [2.24, 2.45) is 0 Å². The molecule has 0 atom stereocenters. The summed E-state index contributed by atoms with van der Waals surface area (Å²) >= 11 is 0. The highest BCUT2D eigenvalue weighted by atomic mass is 16.5. The van der Waals surface area contributed by atoms with Gasteiger partial charge in [0.05, 0.1) is 44.3 Å². The molecule has 2 N–H and O–H groups in total. The van der Waals surface area contributed by atoms with E-state index in [-0.39, 0.29) is 31.4 Å². The summed E-state index contributed by atoms with van der Waals surface area (Å²) in [5.41, 5.74) is 1.73. The minimum absolute atomic E-state index is 0.162. The second-order valence-electron chi connectivity index (χ2n) is 7.67. The minimum Gasteiger partial charge on any atom is -0.494 e. The first-order chi connectivity index (χ1) is 17.0. The summed E-state index contributed by atoms with van der Waals surface area (Å²) < 4.78 is 16.5. The SMILES string of the molecule is COc1cc(NC(=O)c2ccccc2)c(OC)cc1NC(=O)CN1C(=O)CCOc2ccccc21. The Morgan fingerprint density at radius 2 is 1.54 bits per heavy atom. The Kier molecular flexibility index (Phi) is 7.15. The van der Waals surface area contributed by atoms with Gasteiger partial charge in [0.25, 0.3) is 5.91 Å². The Hall–Kier alpha value is -4.53. The molecule has 0 unspecified atom stereocenters. The third kappa shape index (κ3) is 5.35. The predicted molar refractivity (Wildman–Crippen MR) is 131 cm³/mol. The molecular formula is C26H25N3O6. The number of hydrogen-bond acceptors (Lipinski definition) is 6. The van der Waals surface area contributed by atoms with Gasteiger partial charge in [0, 0.05) is 17.7 Å². The lowest BCUT2D eigenvalue weighted by Crippen LogP contribution is -2.37. The van der Waals surface area contributed by atoms with E-state index < -0.39 is 5.91 Å². The van der Waals surface area contributed by atoms with Crippen LogP contribution in [-0.2, 0) is 9.59 Å². The molecule has 3 aromatic rings. The van der Waals surface area contributed by atoms with Gasteiger partial charge in [0.1, 0.15) is 23.8 Å². The average molecular weight is 476 g/mol. The van der Waals surface area contributed by atoms with Gasteiger partial charge in [0.15, 0.2) is 0 Å². The number of fused-ring (bicyclic) bond motifs is 1. The molecular weight excluding hydrogens is 450 g/mol. The topological polar surface area (TPSA) is 106 Å². The molecule has 9 nitrogen and oxygen atoms in total. The van der Waals surface area contributed by atoms with Crippen LogP contribution in [0, 0.1) is 0 Å². The lowest BCUT2D eigenvalue weighted by atomic mass is 10.2. The number of nitrogens with one attached hydrogen (secondary N) is 2. The summed E-state index contributed by atoms with van der Waals surface area (Å²) in [6.45, 7) is 0.0340. The molecule has 1 aliphatic rings. The maximum absolute atomic E-state index is 13.0. The quantitative estimate of drug-likeness (QED) is 0.540. The van der Waals surface area contributed by atoms with Crippen LogP contribution in [0.15, 0.2) is 66.7 Å². The normalized spacial score (nSPS) is 12.6. The highest BCUT2D eigenvalue weighted by molar-refractivity contribution is 6.06. The zero-order valence-electron chi connectivity index (χ0n) is 19.4. The zero-order chi connectivity index (χ0) is 24.8. The molecule has 4 rings (SSSR count). The second-order valence-corrected chi connectivity index (χ2v) is 7.67. The van der Waals surface area contributed by atoms with Gasteiger partial charge in [-0.2, -0.15) is 0 Å². The summed E-state index contributed by atoms with van der Waals surface area (Å²) in [5.74, 6) is 0.223. The first kappa shape index (κ1) is 23.6. The first-order valence-corrected chi connectivity index (χ1v) is 10.9. The van der Waals surface area contributed by atoms with Crippen LogP contribution in [0.2, 0.25) is 0 Å². The van der Waals surface area contributed by atoms with Gasteiger partial charge in [-0.1, -0.05) is 30.3 Å². The Morgan fingerprint density at radius 1 is 0.914 bits per heavy atom. The molecule has 1 heterocycles. The third-order valence-electron chi connectivity index (χ3n) is 5.41. The molecule has 0 radical (unpaired) electrons. The molecule has 3 amide bonds. The highest BCUT2D eigenvalue weighted by Gasteiger charge is 2.25. The number of carbonyl (C=O) groups is 3. The van der Waals surface area contributed by atoms with Crippen molar-refractivity contribution in [3.05, 3.63) is 72.3 Å². The summed E-state index contributed by atoms with van der Waals surface area (Å²) in [7, 11) is 2.91. The van der Waals surface area contributed by atoms with E-state index in [1.54, 1.807) is 54.6 Å². The molecule has 0 fully saturated rings. The largest absolute Gasteiger partial charge is 0.494 e. The van der Waals surface area contributed by atoms with Crippen LogP contribution in [-0.4, -0.2) is 45.1 Å². The Bertz CT molecular complexity index is 1250. The van der Waals surface area contributed by atoms with E-state index in [1.165, 1.54) is 19.1 Å². The summed E-state index contributed by atoms with van der Waals surface area (Å²) in [6.07, 6.45) is 0.162. The molecule has 3 aromatic carbocycles. The number of anilines is 3. The number of hydrogen-bond donors (Lipinski definition) is 2. The van der Waals surface area contributed by atoms with Crippen molar-refractivity contribution in [2.45, 2.75) is 6.42 Å². The van der Waals surface area contributed by atoms with Crippen molar-refractivity contribution in [2.75, 3.05) is 42.9 Å². The standard InChI is InChI=1S/C26H25N3O6/c1-33-22-15-19(28-26(32)17-8-4-3-5-9-17)23(34-2)14-18(22)27-24(30)16-29-20-10-6-7-11-21(20)35-13-12-25(29)31/h3-11,14-15H,12-13,16H2,1-2H3,(H,27,30)(H,28,32). The fourth-order valence-corrected chi connectivity index (χ4v) is 3.70. The van der Waals surface area contributed by atoms with E-state index in [9.17, 15) is 14.4 Å². The average Bonchev–Trinajstić information content (AvgIpc) is 3.03. The summed E-state index contributed by atoms with van der Waals surface area (Å²) in [6, 6.07) is 19.0. The fourth-order valence-electron chi connectivity index (χ4n) is 3.70. The van der Waals surface area contributed by atoms with E-state index in [2.05, 4.69) is 10.6 Å². The van der Waals surface area contributed by atoms with Gasteiger partial charge in [-0.15, -0.1) is 0 Å². The first-order valence-electron chi connectivity index (χ1n) is 10.9. The number of ether oxygens (including phenoxy) is 3. The molecule has 0 bridgehead atoms. The lowest BCUT2D eigenvalue weighted by Gasteiger charge is -2.22. The number of carbonyl (C=O) groups excluding carboxylic acids is 3. The predicted octanol–water partition coefficient (Wildman–Crippen LogP) is 3.71. The van der Waals surface area contributed by atoms with Gasteiger partial charge < -0.3 is 24.8 Å². The van der Waals surface area contributed by atoms with Crippen LogP contribution in [0.1, 0.15) is 16.8 Å². The maximum Gasteiger partial charge on any atom is 0.255 e. The molecule has 180 valence electrons. The molecule has 0 spiro atoms. The van der Waals surface area contributed by atoms with Crippen molar-refractivity contribution in [3.8, 4) is 17.2 Å². The van der Waals surface area contributed by atoms with Crippen LogP contribution < -0.4 is 29.7 Å². The number of nitrogens with zero attached hydrogens (tertiary/aromatic N) is 1. The molecule has 0 aliphatic carbocycles. The highest BCUT2D eigenvalue weighted by Crippen LogP contribution is 2.37. The number of rotatable bonds is 7. The number of amides is 3. The number of benzene rings is 3. The van der Waals surface area contributed by atoms with Crippen molar-refractivity contribution in [1.82, 2.24) is 0 Å². The minimum atomic E-state index is -0.434. The van der Waals surface area contributed by atoms with E-state index >= 15 is 0 Å². The smallest absolute Gasteiger partial charge is 0.255 e. The van der Waals surface area contributed by atoms with Gasteiger partial charge in [0.2, 0.25) is 11.8 Å². The number of para-hydroxylation sites is 2. The molecule has 9 heteroatoms. The van der Waals surface area contributed by atoms with Crippen LogP contribution in [0.5, 0.6) is 17.2 Å². The molecule has 35 heavy (non-hydrogen) atoms. The summed E-state index contributed by atoms with van der Waals surface area (Å²) in [5, 5.41) is 5.58. The Labute approximate surface area is 202 Å². The fraction of sp³-hybridized carbons (Fsp3) is 0.192. The Balaban J connectivity index is 1.54.